The topological polar surface area (TPSA) is 98.7 Å². The summed E-state index contributed by atoms with van der Waals surface area (Å²) in [5.41, 5.74) is 11.1. The van der Waals surface area contributed by atoms with Gasteiger partial charge in [-0.15, -0.1) is 16.4 Å². The molecular formula is C23H24N6OS. The van der Waals surface area contributed by atoms with Gasteiger partial charge in [-0.05, 0) is 30.2 Å². The molecule has 0 aliphatic carbocycles. The fourth-order valence-electron chi connectivity index (χ4n) is 3.22. The predicted molar refractivity (Wildman–Crippen MR) is 124 cm³/mol. The molecule has 0 spiro atoms. The number of benzene rings is 2. The molecule has 7 nitrogen and oxygen atoms in total. The molecule has 0 fully saturated rings. The molecule has 4 rings (SSSR count). The molecule has 0 aliphatic heterocycles. The minimum Gasteiger partial charge on any atom is -0.397 e. The minimum absolute atomic E-state index is 0.107. The fourth-order valence-corrected chi connectivity index (χ4v) is 3.98. The van der Waals surface area contributed by atoms with Gasteiger partial charge >= 0.3 is 0 Å². The summed E-state index contributed by atoms with van der Waals surface area (Å²) in [5, 5.41) is 14.4. The van der Waals surface area contributed by atoms with Gasteiger partial charge in [0.15, 0.2) is 0 Å². The largest absolute Gasteiger partial charge is 0.397 e. The Hall–Kier alpha value is -3.52. The van der Waals surface area contributed by atoms with Crippen molar-refractivity contribution in [1.82, 2.24) is 20.0 Å². The number of nitrogens with one attached hydrogen (secondary N) is 1. The predicted octanol–water partition coefficient (Wildman–Crippen LogP) is 4.11. The molecule has 2 heterocycles. The van der Waals surface area contributed by atoms with E-state index in [0.717, 1.165) is 40.5 Å². The standard InChI is InChI=1S/C23H24N6OS/c1-16-15-31-23(25-16)11-12-29-14-19(27-28-29)8-10-22(30)26-21-13-18(7-9-20(21)24)17-5-3-2-4-6-17/h2-7,9,13-15H,8,10-12,24H2,1H3,(H,26,30). The number of rotatable bonds is 8. The van der Waals surface area contributed by atoms with Gasteiger partial charge in [-0.1, -0.05) is 41.6 Å². The molecule has 2 aromatic heterocycles. The van der Waals surface area contributed by atoms with Gasteiger partial charge in [0.2, 0.25) is 5.91 Å². The normalized spacial score (nSPS) is 10.9. The quantitative estimate of drug-likeness (QED) is 0.408. The van der Waals surface area contributed by atoms with E-state index in [-0.39, 0.29) is 5.91 Å². The maximum Gasteiger partial charge on any atom is 0.224 e. The van der Waals surface area contributed by atoms with Gasteiger partial charge in [0.05, 0.1) is 22.1 Å². The summed E-state index contributed by atoms with van der Waals surface area (Å²) in [6.07, 6.45) is 3.52. The summed E-state index contributed by atoms with van der Waals surface area (Å²) < 4.78 is 1.80. The first kappa shape index (κ1) is 20.7. The van der Waals surface area contributed by atoms with Crippen LogP contribution >= 0.6 is 11.3 Å². The van der Waals surface area contributed by atoms with Crippen molar-refractivity contribution in [1.29, 1.82) is 0 Å². The maximum absolute atomic E-state index is 12.5. The second-order valence-corrected chi connectivity index (χ2v) is 8.26. The van der Waals surface area contributed by atoms with E-state index >= 15 is 0 Å². The Bertz CT molecular complexity index is 1170. The summed E-state index contributed by atoms with van der Waals surface area (Å²) in [5.74, 6) is -0.107. The zero-order valence-corrected chi connectivity index (χ0v) is 18.1. The van der Waals surface area contributed by atoms with Crippen molar-refractivity contribution in [2.75, 3.05) is 11.1 Å². The van der Waals surface area contributed by atoms with Crippen molar-refractivity contribution in [2.45, 2.75) is 32.7 Å². The first-order valence-electron chi connectivity index (χ1n) is 10.1. The van der Waals surface area contributed by atoms with Crippen molar-refractivity contribution >= 4 is 28.6 Å². The van der Waals surface area contributed by atoms with E-state index in [1.807, 2.05) is 67.0 Å². The SMILES string of the molecule is Cc1csc(CCn2cc(CCC(=O)Nc3cc(-c4ccccc4)ccc3N)nn2)n1. The summed E-state index contributed by atoms with van der Waals surface area (Å²) in [6.45, 7) is 2.71. The highest BCUT2D eigenvalue weighted by atomic mass is 32.1. The third-order valence-corrected chi connectivity index (χ3v) is 5.88. The number of aryl methyl sites for hydroxylation is 4. The summed E-state index contributed by atoms with van der Waals surface area (Å²) >= 11 is 1.66. The number of hydrogen-bond acceptors (Lipinski definition) is 6. The number of nitrogen functional groups attached to an aromatic ring is 1. The van der Waals surface area contributed by atoms with Gasteiger partial charge < -0.3 is 11.1 Å². The van der Waals surface area contributed by atoms with Crippen molar-refractivity contribution in [3.8, 4) is 11.1 Å². The highest BCUT2D eigenvalue weighted by Gasteiger charge is 2.10. The number of carbonyl (C=O) groups excluding carboxylic acids is 1. The monoisotopic (exact) mass is 432 g/mol. The van der Waals surface area contributed by atoms with E-state index in [4.69, 9.17) is 5.73 Å². The van der Waals surface area contributed by atoms with Gasteiger partial charge in [0, 0.05) is 43.1 Å². The second kappa shape index (κ2) is 9.53. The van der Waals surface area contributed by atoms with E-state index in [1.165, 1.54) is 0 Å². The van der Waals surface area contributed by atoms with Gasteiger partial charge in [-0.25, -0.2) is 4.98 Å². The van der Waals surface area contributed by atoms with Crippen LogP contribution in [0.15, 0.2) is 60.1 Å². The van der Waals surface area contributed by atoms with Gasteiger partial charge in [0.1, 0.15) is 0 Å². The number of carbonyl (C=O) groups is 1. The molecule has 2 aromatic carbocycles. The molecule has 4 aromatic rings. The first-order chi connectivity index (χ1) is 15.1. The highest BCUT2D eigenvalue weighted by Crippen LogP contribution is 2.27. The van der Waals surface area contributed by atoms with Crippen LogP contribution in [0.2, 0.25) is 0 Å². The molecule has 0 aliphatic rings. The van der Waals surface area contributed by atoms with E-state index in [1.54, 1.807) is 16.0 Å². The lowest BCUT2D eigenvalue weighted by molar-refractivity contribution is -0.116. The zero-order chi connectivity index (χ0) is 21.6. The Morgan fingerprint density at radius 3 is 2.74 bits per heavy atom. The van der Waals surface area contributed by atoms with Crippen LogP contribution in [-0.4, -0.2) is 25.9 Å². The third-order valence-electron chi connectivity index (χ3n) is 4.85. The average Bonchev–Trinajstić information content (AvgIpc) is 3.41. The summed E-state index contributed by atoms with van der Waals surface area (Å²) in [6, 6.07) is 15.6. The molecule has 8 heteroatoms. The first-order valence-corrected chi connectivity index (χ1v) is 11.0. The van der Waals surface area contributed by atoms with Crippen molar-refractivity contribution < 1.29 is 4.79 Å². The lowest BCUT2D eigenvalue weighted by Gasteiger charge is -2.10. The number of nitrogens with zero attached hydrogens (tertiary/aromatic N) is 4. The van der Waals surface area contributed by atoms with Crippen LogP contribution < -0.4 is 11.1 Å². The van der Waals surface area contributed by atoms with E-state index in [9.17, 15) is 4.79 Å². The Morgan fingerprint density at radius 1 is 1.13 bits per heavy atom. The Kier molecular flexibility index (Phi) is 6.37. The molecule has 0 unspecified atom stereocenters. The van der Waals surface area contributed by atoms with Gasteiger partial charge in [0.25, 0.3) is 0 Å². The van der Waals surface area contributed by atoms with Crippen molar-refractivity contribution in [2.24, 2.45) is 0 Å². The van der Waals surface area contributed by atoms with Crippen LogP contribution in [-0.2, 0) is 24.2 Å². The minimum atomic E-state index is -0.107. The molecule has 158 valence electrons. The van der Waals surface area contributed by atoms with E-state index < -0.39 is 0 Å². The molecule has 0 bridgehead atoms. The van der Waals surface area contributed by atoms with Crippen molar-refractivity contribution in [3.63, 3.8) is 0 Å². The van der Waals surface area contributed by atoms with E-state index in [2.05, 4.69) is 20.6 Å². The highest BCUT2D eigenvalue weighted by molar-refractivity contribution is 7.09. The molecule has 0 atom stereocenters. The Balaban J connectivity index is 1.31. The maximum atomic E-state index is 12.5. The number of anilines is 2. The third kappa shape index (κ3) is 5.55. The molecule has 0 radical (unpaired) electrons. The number of nitrogens with two attached hydrogens (primary N) is 1. The summed E-state index contributed by atoms with van der Waals surface area (Å²) in [7, 11) is 0. The van der Waals surface area contributed by atoms with Gasteiger partial charge in [-0.2, -0.15) is 0 Å². The molecule has 3 N–H and O–H groups in total. The fraction of sp³-hybridized carbons (Fsp3) is 0.217. The Labute approximate surface area is 184 Å². The molecule has 1 amide bonds. The van der Waals surface area contributed by atoms with Crippen LogP contribution in [0.4, 0.5) is 11.4 Å². The van der Waals surface area contributed by atoms with E-state index in [0.29, 0.717) is 24.2 Å². The lowest BCUT2D eigenvalue weighted by Crippen LogP contribution is -2.13. The molecule has 0 saturated heterocycles. The van der Waals surface area contributed by atoms with Crippen LogP contribution in [0.1, 0.15) is 22.8 Å². The molecule has 31 heavy (non-hydrogen) atoms. The van der Waals surface area contributed by atoms with Crippen LogP contribution in [0, 0.1) is 6.92 Å². The Morgan fingerprint density at radius 2 is 1.97 bits per heavy atom. The molecular weight excluding hydrogens is 408 g/mol. The smallest absolute Gasteiger partial charge is 0.224 e. The number of aromatic nitrogens is 4. The van der Waals surface area contributed by atoms with Crippen LogP contribution in [0.25, 0.3) is 11.1 Å². The molecule has 0 saturated carbocycles. The average molecular weight is 433 g/mol. The summed E-state index contributed by atoms with van der Waals surface area (Å²) in [4.78, 5) is 16.9. The van der Waals surface area contributed by atoms with Crippen LogP contribution in [0.3, 0.4) is 0 Å². The van der Waals surface area contributed by atoms with Crippen molar-refractivity contribution in [3.05, 3.63) is 76.5 Å². The lowest BCUT2D eigenvalue weighted by atomic mass is 10.0. The number of thiazole rings is 1. The van der Waals surface area contributed by atoms with Crippen LogP contribution in [0.5, 0.6) is 0 Å². The zero-order valence-electron chi connectivity index (χ0n) is 17.3. The second-order valence-electron chi connectivity index (χ2n) is 7.32. The number of hydrogen-bond donors (Lipinski definition) is 2. The number of amides is 1. The van der Waals surface area contributed by atoms with Gasteiger partial charge in [-0.3, -0.25) is 9.48 Å².